The largest absolute Gasteiger partial charge is 0.382 e. The Morgan fingerprint density at radius 1 is 0.966 bits per heavy atom. The van der Waals surface area contributed by atoms with Gasteiger partial charge in [-0.05, 0) is 25.7 Å². The van der Waals surface area contributed by atoms with Crippen LogP contribution in [0.2, 0.25) is 0 Å². The Morgan fingerprint density at radius 2 is 1.55 bits per heavy atom. The van der Waals surface area contributed by atoms with Crippen LogP contribution in [0.3, 0.4) is 0 Å². The van der Waals surface area contributed by atoms with Gasteiger partial charge in [0.2, 0.25) is 0 Å². The summed E-state index contributed by atoms with van der Waals surface area (Å²) in [6, 6.07) is 0.879. The maximum Gasteiger partial charge on any atom is 0.254 e. The summed E-state index contributed by atoms with van der Waals surface area (Å²) in [5.41, 5.74) is 11.8. The summed E-state index contributed by atoms with van der Waals surface area (Å²) in [6.45, 7) is 0. The summed E-state index contributed by atoms with van der Waals surface area (Å²) < 4.78 is 3.72. The van der Waals surface area contributed by atoms with E-state index in [1.165, 1.54) is 38.5 Å². The molecule has 3 heterocycles. The molecule has 154 valence electrons. The number of ketones is 1. The Labute approximate surface area is 169 Å². The molecule has 29 heavy (non-hydrogen) atoms. The van der Waals surface area contributed by atoms with E-state index < -0.39 is 5.91 Å². The van der Waals surface area contributed by atoms with Crippen LogP contribution in [0, 0.1) is 0 Å². The zero-order chi connectivity index (χ0) is 20.4. The fourth-order valence-electron chi connectivity index (χ4n) is 4.31. The summed E-state index contributed by atoms with van der Waals surface area (Å²) in [4.78, 5) is 26.7. The topological polar surface area (TPSA) is 134 Å². The van der Waals surface area contributed by atoms with Crippen molar-refractivity contribution in [3.63, 3.8) is 0 Å². The first-order chi connectivity index (χ1) is 14.0. The number of anilines is 1. The summed E-state index contributed by atoms with van der Waals surface area (Å²) >= 11 is 0. The number of hydrogen-bond donors (Lipinski definition) is 2. The minimum Gasteiger partial charge on any atom is -0.382 e. The fraction of sp³-hybridized carbons (Fsp3) is 0.550. The van der Waals surface area contributed by atoms with Crippen molar-refractivity contribution in [2.24, 2.45) is 10.7 Å². The van der Waals surface area contributed by atoms with E-state index in [9.17, 15) is 9.59 Å². The van der Waals surface area contributed by atoms with Gasteiger partial charge in [0.25, 0.3) is 5.91 Å². The Morgan fingerprint density at radius 3 is 2.07 bits per heavy atom. The van der Waals surface area contributed by atoms with Crippen molar-refractivity contribution >= 4 is 29.5 Å². The average molecular weight is 397 g/mol. The number of primary amides is 1. The number of carbonyl (C=O) groups is 2. The van der Waals surface area contributed by atoms with Crippen molar-refractivity contribution in [3.05, 3.63) is 23.5 Å². The Balaban J connectivity index is 0.000000142. The van der Waals surface area contributed by atoms with Crippen LogP contribution >= 0.6 is 0 Å². The molecule has 0 bridgehead atoms. The van der Waals surface area contributed by atoms with Gasteiger partial charge in [0.05, 0.1) is 17.6 Å². The fourth-order valence-corrected chi connectivity index (χ4v) is 4.31. The average Bonchev–Trinajstić information content (AvgIpc) is 3.47. The summed E-state index contributed by atoms with van der Waals surface area (Å²) in [7, 11) is 0. The number of nitrogen functional groups attached to an aromatic ring is 1. The van der Waals surface area contributed by atoms with E-state index in [0.717, 1.165) is 12.8 Å². The number of fused-ring (bicyclic) bond motifs is 1. The lowest BCUT2D eigenvalue weighted by Crippen LogP contribution is -2.12. The lowest BCUT2D eigenvalue weighted by atomic mass is 10.1. The van der Waals surface area contributed by atoms with E-state index in [0.29, 0.717) is 35.4 Å². The van der Waals surface area contributed by atoms with Crippen LogP contribution in [-0.2, 0) is 0 Å². The van der Waals surface area contributed by atoms with Crippen molar-refractivity contribution in [1.82, 2.24) is 19.6 Å². The van der Waals surface area contributed by atoms with Crippen LogP contribution in [0.1, 0.15) is 90.6 Å². The van der Waals surface area contributed by atoms with Gasteiger partial charge in [0.1, 0.15) is 5.56 Å². The van der Waals surface area contributed by atoms with E-state index in [1.807, 2.05) is 10.9 Å². The molecule has 2 saturated carbocycles. The van der Waals surface area contributed by atoms with Crippen molar-refractivity contribution in [1.29, 1.82) is 0 Å². The first kappa shape index (κ1) is 19.4. The number of rotatable bonds is 3. The van der Waals surface area contributed by atoms with Crippen LogP contribution in [0.15, 0.2) is 17.4 Å². The molecule has 1 amide bonds. The van der Waals surface area contributed by atoms with Gasteiger partial charge in [0, 0.05) is 25.0 Å². The molecular weight excluding hydrogens is 370 g/mol. The summed E-state index contributed by atoms with van der Waals surface area (Å²) in [6.07, 6.45) is 15.2. The first-order valence-electron chi connectivity index (χ1n) is 10.3. The second-order valence-electron chi connectivity index (χ2n) is 7.93. The zero-order valence-electron chi connectivity index (χ0n) is 16.5. The Bertz CT molecular complexity index is 931. The van der Waals surface area contributed by atoms with Crippen molar-refractivity contribution in [2.45, 2.75) is 69.9 Å². The number of nitrogens with zero attached hydrogens (tertiary/aromatic N) is 5. The van der Waals surface area contributed by atoms with Gasteiger partial charge in [-0.15, -0.1) is 0 Å². The molecule has 1 aliphatic heterocycles. The number of nitrogens with two attached hydrogens (primary N) is 2. The third-order valence-electron chi connectivity index (χ3n) is 5.93. The van der Waals surface area contributed by atoms with E-state index in [1.54, 1.807) is 17.1 Å². The van der Waals surface area contributed by atoms with Gasteiger partial charge in [0.15, 0.2) is 17.4 Å². The van der Waals surface area contributed by atoms with Crippen LogP contribution in [0.5, 0.6) is 0 Å². The molecule has 2 aromatic rings. The quantitative estimate of drug-likeness (QED) is 0.821. The molecule has 9 nitrogen and oxygen atoms in total. The number of aromatic nitrogens is 4. The normalized spacial score (nSPS) is 19.2. The van der Waals surface area contributed by atoms with Crippen LogP contribution in [0.4, 0.5) is 11.6 Å². The summed E-state index contributed by atoms with van der Waals surface area (Å²) in [5, 5.41) is 8.49. The molecule has 3 aliphatic rings. The highest BCUT2D eigenvalue weighted by Crippen LogP contribution is 2.32. The molecule has 9 heteroatoms. The monoisotopic (exact) mass is 397 g/mol. The van der Waals surface area contributed by atoms with Crippen LogP contribution < -0.4 is 11.5 Å². The van der Waals surface area contributed by atoms with E-state index in [2.05, 4.69) is 15.2 Å². The Kier molecular flexibility index (Phi) is 5.46. The molecule has 0 aromatic carbocycles. The minimum atomic E-state index is -0.508. The number of hydrogen-bond acceptors (Lipinski definition) is 6. The van der Waals surface area contributed by atoms with Gasteiger partial charge in [-0.3, -0.25) is 19.0 Å². The van der Waals surface area contributed by atoms with Gasteiger partial charge >= 0.3 is 0 Å². The second kappa shape index (κ2) is 8.18. The number of carbonyl (C=O) groups excluding carboxylic acids is 2. The highest BCUT2D eigenvalue weighted by molar-refractivity contribution is 6.09. The van der Waals surface area contributed by atoms with Crippen molar-refractivity contribution in [2.75, 3.05) is 5.73 Å². The molecule has 0 atom stereocenters. The van der Waals surface area contributed by atoms with E-state index >= 15 is 0 Å². The molecule has 0 radical (unpaired) electrons. The lowest BCUT2D eigenvalue weighted by Gasteiger charge is -2.07. The minimum absolute atomic E-state index is 0.143. The van der Waals surface area contributed by atoms with E-state index in [-0.39, 0.29) is 11.6 Å². The molecule has 2 aromatic heterocycles. The number of aliphatic imine (C=N–C) groups is 1. The highest BCUT2D eigenvalue weighted by Gasteiger charge is 2.23. The van der Waals surface area contributed by atoms with Gasteiger partial charge in [-0.1, -0.05) is 25.7 Å². The molecule has 5 rings (SSSR count). The number of Topliss-reactive ketones (excluding diaryl/α,β-unsaturated/α-hetero) is 1. The standard InChI is InChI=1S/C11H13N3O.C9H14N4O/c15-10-5-6-12-11-9(10)7-14(13-11)8-3-1-2-4-8;10-8-7(9(11)14)5-13(12-8)6-3-1-2-4-6/h6-8H,1-5H2;5-6H,1-4H2,(H2,10,12)(H2,11,14). The third kappa shape index (κ3) is 4.08. The van der Waals surface area contributed by atoms with E-state index in [4.69, 9.17) is 11.5 Å². The van der Waals surface area contributed by atoms with Gasteiger partial charge in [-0.25, -0.2) is 4.99 Å². The second-order valence-corrected chi connectivity index (χ2v) is 7.93. The summed E-state index contributed by atoms with van der Waals surface area (Å²) in [5.74, 6) is 0.485. The lowest BCUT2D eigenvalue weighted by molar-refractivity contribution is 0.0992. The Hall–Kier alpha value is -2.97. The van der Waals surface area contributed by atoms with Gasteiger partial charge in [-0.2, -0.15) is 10.2 Å². The predicted octanol–water partition coefficient (Wildman–Crippen LogP) is 2.97. The molecule has 0 spiro atoms. The van der Waals surface area contributed by atoms with Gasteiger partial charge < -0.3 is 11.5 Å². The zero-order valence-corrected chi connectivity index (χ0v) is 16.5. The van der Waals surface area contributed by atoms with Crippen molar-refractivity contribution < 1.29 is 9.59 Å². The molecule has 4 N–H and O–H groups in total. The SMILES string of the molecule is NC(=O)c1cn(C2CCCC2)nc1N.O=C1CC=Nc2nn(C3CCCC3)cc21. The molecular formula is C20H27N7O2. The molecule has 2 fully saturated rings. The molecule has 0 unspecified atom stereocenters. The maximum absolute atomic E-state index is 11.6. The smallest absolute Gasteiger partial charge is 0.254 e. The molecule has 0 saturated heterocycles. The highest BCUT2D eigenvalue weighted by atomic mass is 16.1. The predicted molar refractivity (Wildman–Crippen MR) is 109 cm³/mol. The number of amides is 1. The molecule has 2 aliphatic carbocycles. The first-order valence-corrected chi connectivity index (χ1v) is 10.3. The van der Waals surface area contributed by atoms with Crippen LogP contribution in [-0.4, -0.2) is 37.5 Å². The third-order valence-corrected chi connectivity index (χ3v) is 5.93. The van der Waals surface area contributed by atoms with Crippen molar-refractivity contribution in [3.8, 4) is 0 Å². The van der Waals surface area contributed by atoms with Crippen LogP contribution in [0.25, 0.3) is 0 Å². The maximum atomic E-state index is 11.6.